The van der Waals surface area contributed by atoms with Crippen LogP contribution in [0.5, 0.6) is 0 Å². The number of benzene rings is 1. The van der Waals surface area contributed by atoms with E-state index in [9.17, 15) is 4.79 Å². The Balaban J connectivity index is 3.07. The van der Waals surface area contributed by atoms with E-state index in [4.69, 9.17) is 10.2 Å². The van der Waals surface area contributed by atoms with Crippen molar-refractivity contribution in [1.82, 2.24) is 0 Å². The highest BCUT2D eigenvalue weighted by Crippen LogP contribution is 2.17. The number of aromatic carboxylic acids is 1. The zero-order valence-corrected chi connectivity index (χ0v) is 8.71. The van der Waals surface area contributed by atoms with E-state index in [1.165, 1.54) is 12.1 Å². The Labute approximate surface area is 89.5 Å². The second kappa shape index (κ2) is 4.80. The van der Waals surface area contributed by atoms with E-state index in [1.807, 2.05) is 0 Å². The van der Waals surface area contributed by atoms with Gasteiger partial charge in [-0.15, -0.1) is 0 Å². The molecule has 0 aliphatic rings. The van der Waals surface area contributed by atoms with Gasteiger partial charge >= 0.3 is 5.97 Å². The summed E-state index contributed by atoms with van der Waals surface area (Å²) in [7, 11) is 0. The number of aliphatic hydroxyl groups excluding tert-OH is 1. The van der Waals surface area contributed by atoms with Gasteiger partial charge in [-0.2, -0.15) is 0 Å². The highest BCUT2D eigenvalue weighted by Gasteiger charge is 2.04. The van der Waals surface area contributed by atoms with Crippen LogP contribution in [-0.4, -0.2) is 22.8 Å². The van der Waals surface area contributed by atoms with Crippen LogP contribution in [-0.2, 0) is 0 Å². The summed E-state index contributed by atoms with van der Waals surface area (Å²) in [5, 5.41) is 17.2. The molecule has 0 aliphatic carbocycles. The number of hydrogen-bond acceptors (Lipinski definition) is 2. The fourth-order valence-electron chi connectivity index (χ4n) is 0.884. The predicted molar refractivity (Wildman–Crippen MR) is 55.1 cm³/mol. The van der Waals surface area contributed by atoms with E-state index >= 15 is 0 Å². The maximum Gasteiger partial charge on any atom is 0.335 e. The van der Waals surface area contributed by atoms with Crippen LogP contribution in [0, 0.1) is 11.8 Å². The van der Waals surface area contributed by atoms with Crippen LogP contribution in [0.4, 0.5) is 0 Å². The molecule has 0 atom stereocenters. The average molecular weight is 255 g/mol. The second-order valence-corrected chi connectivity index (χ2v) is 3.31. The van der Waals surface area contributed by atoms with Gasteiger partial charge in [-0.25, -0.2) is 4.79 Å². The number of carbonyl (C=O) groups is 1. The van der Waals surface area contributed by atoms with Crippen LogP contribution in [0.3, 0.4) is 0 Å². The summed E-state index contributed by atoms with van der Waals surface area (Å²) in [6.07, 6.45) is 0. The lowest BCUT2D eigenvalue weighted by atomic mass is 10.1. The van der Waals surface area contributed by atoms with Crippen LogP contribution in [0.1, 0.15) is 15.9 Å². The van der Waals surface area contributed by atoms with Gasteiger partial charge in [0.25, 0.3) is 0 Å². The van der Waals surface area contributed by atoms with Crippen LogP contribution < -0.4 is 0 Å². The summed E-state index contributed by atoms with van der Waals surface area (Å²) in [6, 6.07) is 4.54. The van der Waals surface area contributed by atoms with Crippen LogP contribution in [0.25, 0.3) is 0 Å². The lowest BCUT2D eigenvalue weighted by Gasteiger charge is -1.98. The minimum Gasteiger partial charge on any atom is -0.478 e. The van der Waals surface area contributed by atoms with Crippen LogP contribution in [0.15, 0.2) is 22.7 Å². The number of carboxylic acids is 1. The van der Waals surface area contributed by atoms with E-state index in [0.29, 0.717) is 10.0 Å². The number of rotatable bonds is 1. The molecule has 0 saturated heterocycles. The highest BCUT2D eigenvalue weighted by molar-refractivity contribution is 9.10. The largest absolute Gasteiger partial charge is 0.478 e. The summed E-state index contributed by atoms with van der Waals surface area (Å²) >= 11 is 3.20. The molecular weight excluding hydrogens is 248 g/mol. The van der Waals surface area contributed by atoms with E-state index in [1.54, 1.807) is 6.07 Å². The van der Waals surface area contributed by atoms with Crippen LogP contribution in [0.2, 0.25) is 0 Å². The predicted octanol–water partition coefficient (Wildman–Crippen LogP) is 1.49. The molecule has 0 saturated carbocycles. The molecule has 0 aromatic heterocycles. The van der Waals surface area contributed by atoms with Gasteiger partial charge in [0.05, 0.1) is 5.56 Å². The van der Waals surface area contributed by atoms with E-state index in [2.05, 4.69) is 27.8 Å². The maximum atomic E-state index is 10.6. The third-order valence-electron chi connectivity index (χ3n) is 1.52. The summed E-state index contributed by atoms with van der Waals surface area (Å²) in [5.74, 6) is 4.19. The number of hydrogen-bond donors (Lipinski definition) is 2. The van der Waals surface area contributed by atoms with Crippen molar-refractivity contribution in [1.29, 1.82) is 0 Å². The number of halogens is 1. The SMILES string of the molecule is O=C(O)c1ccc(C#CCO)c(Br)c1. The van der Waals surface area contributed by atoms with Crippen molar-refractivity contribution in [2.45, 2.75) is 0 Å². The smallest absolute Gasteiger partial charge is 0.335 e. The lowest BCUT2D eigenvalue weighted by Crippen LogP contribution is -1.96. The van der Waals surface area contributed by atoms with E-state index in [-0.39, 0.29) is 12.2 Å². The maximum absolute atomic E-state index is 10.6. The molecule has 1 rings (SSSR count). The number of aliphatic hydroxyl groups is 1. The first kappa shape index (κ1) is 10.8. The molecule has 1 aromatic carbocycles. The van der Waals surface area contributed by atoms with Crippen molar-refractivity contribution in [3.8, 4) is 11.8 Å². The standard InChI is InChI=1S/C10H7BrO3/c11-9-6-8(10(13)14)4-3-7(9)2-1-5-12/h3-4,6,12H,5H2,(H,13,14). The molecule has 0 amide bonds. The first-order valence-electron chi connectivity index (χ1n) is 3.77. The first-order valence-corrected chi connectivity index (χ1v) is 4.57. The minimum atomic E-state index is -0.979. The Morgan fingerprint density at radius 2 is 2.21 bits per heavy atom. The summed E-state index contributed by atoms with van der Waals surface area (Å²) < 4.78 is 0.610. The zero-order chi connectivity index (χ0) is 10.6. The Hall–Kier alpha value is -1.31. The molecule has 72 valence electrons. The second-order valence-electron chi connectivity index (χ2n) is 2.46. The van der Waals surface area contributed by atoms with Gasteiger partial charge in [-0.05, 0) is 34.1 Å². The van der Waals surface area contributed by atoms with E-state index < -0.39 is 5.97 Å². The third kappa shape index (κ3) is 2.59. The molecule has 0 radical (unpaired) electrons. The van der Waals surface area contributed by atoms with Crippen molar-refractivity contribution < 1.29 is 15.0 Å². The topological polar surface area (TPSA) is 57.5 Å². The highest BCUT2D eigenvalue weighted by atomic mass is 79.9. The van der Waals surface area contributed by atoms with Gasteiger partial charge < -0.3 is 10.2 Å². The molecule has 0 fully saturated rings. The Morgan fingerprint density at radius 1 is 1.50 bits per heavy atom. The van der Waals surface area contributed by atoms with Crippen molar-refractivity contribution in [2.75, 3.05) is 6.61 Å². The lowest BCUT2D eigenvalue weighted by molar-refractivity contribution is 0.0697. The molecule has 0 bridgehead atoms. The molecular formula is C10H7BrO3. The Morgan fingerprint density at radius 3 is 2.71 bits per heavy atom. The quantitative estimate of drug-likeness (QED) is 0.747. The summed E-state index contributed by atoms with van der Waals surface area (Å²) in [5.41, 5.74) is 0.857. The van der Waals surface area contributed by atoms with Crippen LogP contribution >= 0.6 is 15.9 Å². The zero-order valence-electron chi connectivity index (χ0n) is 7.12. The fourth-order valence-corrected chi connectivity index (χ4v) is 1.36. The average Bonchev–Trinajstić information content (AvgIpc) is 2.15. The minimum absolute atomic E-state index is 0.200. The van der Waals surface area contributed by atoms with Gasteiger partial charge in [-0.1, -0.05) is 11.8 Å². The molecule has 0 spiro atoms. The molecule has 2 N–H and O–H groups in total. The Bertz CT molecular complexity index is 415. The van der Waals surface area contributed by atoms with E-state index in [0.717, 1.165) is 0 Å². The van der Waals surface area contributed by atoms with Gasteiger partial charge in [0.2, 0.25) is 0 Å². The fraction of sp³-hybridized carbons (Fsp3) is 0.100. The molecule has 3 nitrogen and oxygen atoms in total. The van der Waals surface area contributed by atoms with Crippen molar-refractivity contribution in [3.63, 3.8) is 0 Å². The monoisotopic (exact) mass is 254 g/mol. The number of carboxylic acid groups (broad SMARTS) is 1. The van der Waals surface area contributed by atoms with Crippen molar-refractivity contribution in [2.24, 2.45) is 0 Å². The summed E-state index contributed by atoms with van der Waals surface area (Å²) in [4.78, 5) is 10.6. The molecule has 4 heteroatoms. The van der Waals surface area contributed by atoms with Gasteiger partial charge in [-0.3, -0.25) is 0 Å². The Kier molecular flexibility index (Phi) is 3.69. The van der Waals surface area contributed by atoms with Crippen molar-refractivity contribution in [3.05, 3.63) is 33.8 Å². The third-order valence-corrected chi connectivity index (χ3v) is 2.17. The summed E-state index contributed by atoms with van der Waals surface area (Å²) in [6.45, 7) is -0.215. The van der Waals surface area contributed by atoms with Crippen molar-refractivity contribution >= 4 is 21.9 Å². The first-order chi connectivity index (χ1) is 6.65. The molecule has 1 aromatic rings. The molecule has 0 heterocycles. The molecule has 0 unspecified atom stereocenters. The van der Waals surface area contributed by atoms with Gasteiger partial charge in [0.15, 0.2) is 0 Å². The molecule has 14 heavy (non-hydrogen) atoms. The van der Waals surface area contributed by atoms with Gasteiger partial charge in [0, 0.05) is 10.0 Å². The normalized spacial score (nSPS) is 9.00. The molecule has 0 aliphatic heterocycles. The van der Waals surface area contributed by atoms with Gasteiger partial charge in [0.1, 0.15) is 6.61 Å².